The lowest BCUT2D eigenvalue weighted by Gasteiger charge is -2.26. The summed E-state index contributed by atoms with van der Waals surface area (Å²) in [5.41, 5.74) is 1.14. The molecule has 1 N–H and O–H groups in total. The second-order valence-electron chi connectivity index (χ2n) is 4.14. The van der Waals surface area contributed by atoms with E-state index in [4.69, 9.17) is 0 Å². The van der Waals surface area contributed by atoms with E-state index in [0.29, 0.717) is 0 Å². The van der Waals surface area contributed by atoms with Gasteiger partial charge in [-0.25, -0.2) is 0 Å². The predicted molar refractivity (Wildman–Crippen MR) is 62.2 cm³/mol. The standard InChI is InChI=1S/C12H15N3/c1-4-8-15(9-5-1)12-10-6-2-3-7-11(10)13-14-12/h2-3,6-7H,1,4-5,8-9H2,(H,13,14). The molecule has 0 radical (unpaired) electrons. The first-order valence-corrected chi connectivity index (χ1v) is 5.63. The number of para-hydroxylation sites is 1. The number of rotatable bonds is 1. The van der Waals surface area contributed by atoms with Gasteiger partial charge in [0, 0.05) is 18.5 Å². The Morgan fingerprint density at radius 2 is 1.87 bits per heavy atom. The molecule has 1 saturated heterocycles. The van der Waals surface area contributed by atoms with Crippen LogP contribution >= 0.6 is 0 Å². The van der Waals surface area contributed by atoms with E-state index < -0.39 is 0 Å². The van der Waals surface area contributed by atoms with Gasteiger partial charge in [-0.15, -0.1) is 0 Å². The topological polar surface area (TPSA) is 31.9 Å². The van der Waals surface area contributed by atoms with Crippen LogP contribution in [0.15, 0.2) is 24.3 Å². The molecule has 0 atom stereocenters. The summed E-state index contributed by atoms with van der Waals surface area (Å²) >= 11 is 0. The molecule has 1 aromatic carbocycles. The minimum Gasteiger partial charge on any atom is -0.355 e. The number of aromatic nitrogens is 2. The van der Waals surface area contributed by atoms with Crippen molar-refractivity contribution in [3.63, 3.8) is 0 Å². The number of nitrogens with one attached hydrogen (secondary N) is 1. The van der Waals surface area contributed by atoms with Crippen LogP contribution in [-0.2, 0) is 0 Å². The molecule has 1 aliphatic heterocycles. The summed E-state index contributed by atoms with van der Waals surface area (Å²) < 4.78 is 0. The maximum Gasteiger partial charge on any atom is 0.158 e. The van der Waals surface area contributed by atoms with Crippen molar-refractivity contribution in [3.05, 3.63) is 24.3 Å². The summed E-state index contributed by atoms with van der Waals surface area (Å²) in [4.78, 5) is 2.39. The van der Waals surface area contributed by atoms with E-state index >= 15 is 0 Å². The van der Waals surface area contributed by atoms with Crippen LogP contribution in [-0.4, -0.2) is 23.3 Å². The highest BCUT2D eigenvalue weighted by Gasteiger charge is 2.15. The fourth-order valence-corrected chi connectivity index (χ4v) is 2.30. The number of hydrogen-bond donors (Lipinski definition) is 1. The Balaban J connectivity index is 2.02. The molecular weight excluding hydrogens is 186 g/mol. The second kappa shape index (κ2) is 3.57. The number of hydrogen-bond acceptors (Lipinski definition) is 2. The van der Waals surface area contributed by atoms with Crippen molar-refractivity contribution in [1.82, 2.24) is 10.2 Å². The zero-order chi connectivity index (χ0) is 10.1. The molecule has 0 aliphatic carbocycles. The first kappa shape index (κ1) is 8.77. The quantitative estimate of drug-likeness (QED) is 0.769. The average Bonchev–Trinajstić information content (AvgIpc) is 2.74. The minimum atomic E-state index is 1.13. The van der Waals surface area contributed by atoms with E-state index in [1.807, 2.05) is 6.07 Å². The van der Waals surface area contributed by atoms with Gasteiger partial charge in [-0.05, 0) is 31.4 Å². The number of H-pyrrole nitrogens is 1. The zero-order valence-electron chi connectivity index (χ0n) is 8.74. The van der Waals surface area contributed by atoms with Crippen LogP contribution in [0.1, 0.15) is 19.3 Å². The Morgan fingerprint density at radius 3 is 2.73 bits per heavy atom. The summed E-state index contributed by atoms with van der Waals surface area (Å²) in [6.07, 6.45) is 3.95. The molecule has 0 spiro atoms. The molecule has 0 unspecified atom stereocenters. The SMILES string of the molecule is c1ccc2c(N3CCCCC3)n[nH]c2c1. The van der Waals surface area contributed by atoms with Gasteiger partial charge >= 0.3 is 0 Å². The van der Waals surface area contributed by atoms with Gasteiger partial charge in [-0.1, -0.05) is 12.1 Å². The maximum absolute atomic E-state index is 4.42. The Bertz CT molecular complexity index is 455. The fourth-order valence-electron chi connectivity index (χ4n) is 2.30. The summed E-state index contributed by atoms with van der Waals surface area (Å²) in [6.45, 7) is 2.30. The first-order valence-electron chi connectivity index (χ1n) is 5.63. The molecule has 2 heterocycles. The van der Waals surface area contributed by atoms with Crippen LogP contribution < -0.4 is 4.90 Å². The number of aromatic amines is 1. The second-order valence-corrected chi connectivity index (χ2v) is 4.14. The zero-order valence-corrected chi connectivity index (χ0v) is 8.74. The number of piperidine rings is 1. The lowest BCUT2D eigenvalue weighted by Crippen LogP contribution is -2.29. The number of fused-ring (bicyclic) bond motifs is 1. The van der Waals surface area contributed by atoms with Gasteiger partial charge in [-0.2, -0.15) is 5.10 Å². The van der Waals surface area contributed by atoms with E-state index in [1.54, 1.807) is 0 Å². The summed E-state index contributed by atoms with van der Waals surface area (Å²) in [5.74, 6) is 1.13. The van der Waals surface area contributed by atoms with Crippen molar-refractivity contribution in [2.24, 2.45) is 0 Å². The molecule has 0 amide bonds. The smallest absolute Gasteiger partial charge is 0.158 e. The Labute approximate surface area is 89.1 Å². The van der Waals surface area contributed by atoms with Gasteiger partial charge in [0.25, 0.3) is 0 Å². The Kier molecular flexibility index (Phi) is 2.09. The van der Waals surface area contributed by atoms with Crippen molar-refractivity contribution < 1.29 is 0 Å². The van der Waals surface area contributed by atoms with Crippen LogP contribution in [0.2, 0.25) is 0 Å². The van der Waals surface area contributed by atoms with Crippen molar-refractivity contribution in [3.8, 4) is 0 Å². The normalized spacial score (nSPS) is 17.2. The monoisotopic (exact) mass is 201 g/mol. The van der Waals surface area contributed by atoms with E-state index in [0.717, 1.165) is 24.4 Å². The van der Waals surface area contributed by atoms with E-state index in [-0.39, 0.29) is 0 Å². The summed E-state index contributed by atoms with van der Waals surface area (Å²) in [5, 5.41) is 8.76. The van der Waals surface area contributed by atoms with Gasteiger partial charge in [0.05, 0.1) is 5.52 Å². The first-order chi connectivity index (χ1) is 7.45. The van der Waals surface area contributed by atoms with Crippen molar-refractivity contribution in [2.45, 2.75) is 19.3 Å². The molecule has 3 nitrogen and oxygen atoms in total. The van der Waals surface area contributed by atoms with Crippen LogP contribution in [0, 0.1) is 0 Å². The third-order valence-corrected chi connectivity index (χ3v) is 3.11. The largest absolute Gasteiger partial charge is 0.355 e. The van der Waals surface area contributed by atoms with Crippen molar-refractivity contribution in [2.75, 3.05) is 18.0 Å². The molecule has 78 valence electrons. The third-order valence-electron chi connectivity index (χ3n) is 3.11. The van der Waals surface area contributed by atoms with Crippen molar-refractivity contribution in [1.29, 1.82) is 0 Å². The lowest BCUT2D eigenvalue weighted by atomic mass is 10.1. The molecule has 15 heavy (non-hydrogen) atoms. The highest BCUT2D eigenvalue weighted by atomic mass is 15.3. The Hall–Kier alpha value is -1.51. The molecule has 0 bridgehead atoms. The minimum absolute atomic E-state index is 1.13. The molecular formula is C12H15N3. The van der Waals surface area contributed by atoms with Gasteiger partial charge in [0.15, 0.2) is 5.82 Å². The van der Waals surface area contributed by atoms with Gasteiger partial charge in [-0.3, -0.25) is 5.10 Å². The van der Waals surface area contributed by atoms with Crippen LogP contribution in [0.3, 0.4) is 0 Å². The van der Waals surface area contributed by atoms with Gasteiger partial charge < -0.3 is 4.90 Å². The number of benzene rings is 1. The molecule has 3 heteroatoms. The lowest BCUT2D eigenvalue weighted by molar-refractivity contribution is 0.574. The van der Waals surface area contributed by atoms with E-state index in [1.165, 1.54) is 24.6 Å². The Morgan fingerprint density at radius 1 is 1.07 bits per heavy atom. The van der Waals surface area contributed by atoms with Gasteiger partial charge in [0.2, 0.25) is 0 Å². The van der Waals surface area contributed by atoms with Crippen LogP contribution in [0.25, 0.3) is 10.9 Å². The van der Waals surface area contributed by atoms with Gasteiger partial charge in [0.1, 0.15) is 0 Å². The molecule has 1 aromatic heterocycles. The molecule has 1 aliphatic rings. The summed E-state index contributed by atoms with van der Waals surface area (Å²) in [6, 6.07) is 8.34. The highest BCUT2D eigenvalue weighted by Crippen LogP contribution is 2.25. The molecule has 2 aromatic rings. The third kappa shape index (κ3) is 1.48. The van der Waals surface area contributed by atoms with Crippen molar-refractivity contribution >= 4 is 16.7 Å². The fraction of sp³-hybridized carbons (Fsp3) is 0.417. The summed E-state index contributed by atoms with van der Waals surface area (Å²) in [7, 11) is 0. The molecule has 1 fully saturated rings. The molecule has 0 saturated carbocycles. The predicted octanol–water partition coefficient (Wildman–Crippen LogP) is 2.55. The average molecular weight is 201 g/mol. The van der Waals surface area contributed by atoms with Crippen LogP contribution in [0.5, 0.6) is 0 Å². The highest BCUT2D eigenvalue weighted by molar-refractivity contribution is 5.90. The number of anilines is 1. The van der Waals surface area contributed by atoms with Crippen LogP contribution in [0.4, 0.5) is 5.82 Å². The van der Waals surface area contributed by atoms with E-state index in [9.17, 15) is 0 Å². The molecule has 3 rings (SSSR count). The number of nitrogens with zero attached hydrogens (tertiary/aromatic N) is 2. The maximum atomic E-state index is 4.42. The van der Waals surface area contributed by atoms with E-state index in [2.05, 4.69) is 33.3 Å².